The van der Waals surface area contributed by atoms with E-state index in [4.69, 9.17) is 4.74 Å². The predicted octanol–water partition coefficient (Wildman–Crippen LogP) is 4.44. The number of hydrazone groups is 1. The van der Waals surface area contributed by atoms with Crippen molar-refractivity contribution in [2.75, 3.05) is 0 Å². The van der Waals surface area contributed by atoms with E-state index in [2.05, 4.69) is 10.5 Å². The Labute approximate surface area is 193 Å². The van der Waals surface area contributed by atoms with Gasteiger partial charge in [-0.1, -0.05) is 42.5 Å². The minimum absolute atomic E-state index is 0.0686. The van der Waals surface area contributed by atoms with Crippen LogP contribution in [0.15, 0.2) is 90.0 Å². The van der Waals surface area contributed by atoms with E-state index in [9.17, 15) is 24.8 Å². The number of amides is 1. The summed E-state index contributed by atoms with van der Waals surface area (Å²) in [6.07, 6.45) is 1.21. The first-order valence-corrected chi connectivity index (χ1v) is 10.0. The van der Waals surface area contributed by atoms with Gasteiger partial charge in [-0.2, -0.15) is 5.10 Å². The Hall–Kier alpha value is -5.05. The number of hydrogen-bond donors (Lipinski definition) is 2. The summed E-state index contributed by atoms with van der Waals surface area (Å²) < 4.78 is 5.35. The third-order valence-electron chi connectivity index (χ3n) is 4.88. The molecule has 0 spiro atoms. The highest BCUT2D eigenvalue weighted by atomic mass is 16.6. The molecule has 0 atom stereocenters. The molecular weight excluding hydrogens is 438 g/mol. The second kappa shape index (κ2) is 9.61. The molecule has 0 aliphatic rings. The standard InChI is InChI=1S/C25H17N3O6/c29-19-8-3-7-18(14-19)24(30)27-26-15-16-11-12-23(22(13-16)28(32)33)34-25(31)21-10-4-6-17-5-1-2-9-20(17)21/h1-15,29H,(H,27,30). The highest BCUT2D eigenvalue weighted by Crippen LogP contribution is 2.29. The zero-order chi connectivity index (χ0) is 24.1. The van der Waals surface area contributed by atoms with E-state index in [-0.39, 0.29) is 22.6 Å². The fourth-order valence-electron chi connectivity index (χ4n) is 3.28. The monoisotopic (exact) mass is 455 g/mol. The first-order valence-electron chi connectivity index (χ1n) is 10.0. The second-order valence-electron chi connectivity index (χ2n) is 7.15. The van der Waals surface area contributed by atoms with Crippen LogP contribution in [0.25, 0.3) is 10.8 Å². The molecule has 9 nitrogen and oxygen atoms in total. The number of rotatable bonds is 6. The van der Waals surface area contributed by atoms with Gasteiger partial charge in [-0.3, -0.25) is 14.9 Å². The summed E-state index contributed by atoms with van der Waals surface area (Å²) in [5.74, 6) is -1.58. The molecule has 9 heteroatoms. The van der Waals surface area contributed by atoms with Gasteiger partial charge in [-0.15, -0.1) is 0 Å². The Morgan fingerprint density at radius 2 is 1.74 bits per heavy atom. The molecule has 0 bridgehead atoms. The lowest BCUT2D eigenvalue weighted by Crippen LogP contribution is -2.17. The molecule has 4 rings (SSSR count). The lowest BCUT2D eigenvalue weighted by molar-refractivity contribution is -0.385. The van der Waals surface area contributed by atoms with E-state index < -0.39 is 22.5 Å². The van der Waals surface area contributed by atoms with Crippen molar-refractivity contribution in [3.8, 4) is 11.5 Å². The molecule has 0 aliphatic heterocycles. The van der Waals surface area contributed by atoms with Crippen molar-refractivity contribution < 1.29 is 24.4 Å². The van der Waals surface area contributed by atoms with Crippen LogP contribution in [0.3, 0.4) is 0 Å². The van der Waals surface area contributed by atoms with Crippen LogP contribution in [0.4, 0.5) is 5.69 Å². The van der Waals surface area contributed by atoms with E-state index in [0.29, 0.717) is 10.9 Å². The molecular formula is C25H17N3O6. The Morgan fingerprint density at radius 1 is 0.971 bits per heavy atom. The molecule has 0 saturated carbocycles. The number of aromatic hydroxyl groups is 1. The minimum atomic E-state index is -0.723. The Kier molecular flexibility index (Phi) is 6.26. The highest BCUT2D eigenvalue weighted by molar-refractivity contribution is 6.05. The maximum absolute atomic E-state index is 12.8. The number of carbonyl (C=O) groups is 2. The normalized spacial score (nSPS) is 10.8. The molecule has 0 fully saturated rings. The van der Waals surface area contributed by atoms with E-state index in [1.807, 2.05) is 18.2 Å². The van der Waals surface area contributed by atoms with Crippen LogP contribution in [-0.4, -0.2) is 28.1 Å². The Balaban J connectivity index is 1.52. The lowest BCUT2D eigenvalue weighted by atomic mass is 10.0. The minimum Gasteiger partial charge on any atom is -0.508 e. The van der Waals surface area contributed by atoms with E-state index in [0.717, 1.165) is 5.39 Å². The number of nitro benzene ring substituents is 1. The number of phenols is 1. The second-order valence-corrected chi connectivity index (χ2v) is 7.15. The number of carbonyl (C=O) groups excluding carboxylic acids is 2. The van der Waals surface area contributed by atoms with Crippen LogP contribution in [-0.2, 0) is 0 Å². The first-order chi connectivity index (χ1) is 16.4. The fourth-order valence-corrected chi connectivity index (χ4v) is 3.28. The lowest BCUT2D eigenvalue weighted by Gasteiger charge is -2.08. The molecule has 4 aromatic rings. The van der Waals surface area contributed by atoms with Crippen LogP contribution < -0.4 is 10.2 Å². The van der Waals surface area contributed by atoms with Crippen molar-refractivity contribution in [2.45, 2.75) is 0 Å². The maximum Gasteiger partial charge on any atom is 0.344 e. The number of esters is 1. The number of ether oxygens (including phenoxy) is 1. The van der Waals surface area contributed by atoms with Crippen LogP contribution in [0.2, 0.25) is 0 Å². The topological polar surface area (TPSA) is 131 Å². The number of fused-ring (bicyclic) bond motifs is 1. The summed E-state index contributed by atoms with van der Waals surface area (Å²) in [6, 6.07) is 22.0. The third-order valence-corrected chi connectivity index (χ3v) is 4.88. The molecule has 2 N–H and O–H groups in total. The molecule has 0 radical (unpaired) electrons. The van der Waals surface area contributed by atoms with Crippen LogP contribution >= 0.6 is 0 Å². The third kappa shape index (κ3) is 4.89. The van der Waals surface area contributed by atoms with Crippen molar-refractivity contribution in [1.29, 1.82) is 0 Å². The number of benzene rings is 4. The molecule has 0 saturated heterocycles. The molecule has 0 heterocycles. The number of nitro groups is 1. The van der Waals surface area contributed by atoms with E-state index in [1.54, 1.807) is 24.3 Å². The Morgan fingerprint density at radius 3 is 2.53 bits per heavy atom. The van der Waals surface area contributed by atoms with Gasteiger partial charge in [0.25, 0.3) is 5.91 Å². The predicted molar refractivity (Wildman–Crippen MR) is 125 cm³/mol. The van der Waals surface area contributed by atoms with Crippen molar-refractivity contribution in [2.24, 2.45) is 5.10 Å². The SMILES string of the molecule is O=C(NN=Cc1ccc(OC(=O)c2cccc3ccccc23)c([N+](=O)[O-])c1)c1cccc(O)c1. The summed E-state index contributed by atoms with van der Waals surface area (Å²) in [7, 11) is 0. The van der Waals surface area contributed by atoms with Gasteiger partial charge in [-0.05, 0) is 47.2 Å². The number of nitrogens with one attached hydrogen (secondary N) is 1. The van der Waals surface area contributed by atoms with Gasteiger partial charge in [0.15, 0.2) is 0 Å². The molecule has 0 aromatic heterocycles. The molecule has 4 aromatic carbocycles. The molecule has 1 amide bonds. The molecule has 0 aliphatic carbocycles. The van der Waals surface area contributed by atoms with E-state index >= 15 is 0 Å². The quantitative estimate of drug-likeness (QED) is 0.145. The first kappa shape index (κ1) is 22.2. The van der Waals surface area contributed by atoms with Gasteiger partial charge in [0, 0.05) is 17.2 Å². The molecule has 0 unspecified atom stereocenters. The summed E-state index contributed by atoms with van der Waals surface area (Å²) in [5, 5.41) is 26.3. The van der Waals surface area contributed by atoms with Crippen molar-refractivity contribution >= 4 is 34.6 Å². The summed E-state index contributed by atoms with van der Waals surface area (Å²) in [5.41, 5.74) is 2.62. The molecule has 34 heavy (non-hydrogen) atoms. The van der Waals surface area contributed by atoms with Crippen LogP contribution in [0.1, 0.15) is 26.3 Å². The van der Waals surface area contributed by atoms with Crippen molar-refractivity contribution in [3.05, 3.63) is 112 Å². The summed E-state index contributed by atoms with van der Waals surface area (Å²) >= 11 is 0. The van der Waals surface area contributed by atoms with Gasteiger partial charge >= 0.3 is 11.7 Å². The van der Waals surface area contributed by atoms with Gasteiger partial charge in [0.1, 0.15) is 5.75 Å². The number of nitrogens with zero attached hydrogens (tertiary/aromatic N) is 2. The van der Waals surface area contributed by atoms with Crippen molar-refractivity contribution in [3.63, 3.8) is 0 Å². The largest absolute Gasteiger partial charge is 0.508 e. The number of hydrogen-bond acceptors (Lipinski definition) is 7. The Bertz CT molecular complexity index is 1440. The van der Waals surface area contributed by atoms with Gasteiger partial charge in [0.05, 0.1) is 16.7 Å². The number of phenolic OH excluding ortho intramolecular Hbond substituents is 1. The zero-order valence-corrected chi connectivity index (χ0v) is 17.5. The zero-order valence-electron chi connectivity index (χ0n) is 17.5. The average Bonchev–Trinajstić information content (AvgIpc) is 2.84. The fraction of sp³-hybridized carbons (Fsp3) is 0. The van der Waals surface area contributed by atoms with Gasteiger partial charge in [0.2, 0.25) is 5.75 Å². The highest BCUT2D eigenvalue weighted by Gasteiger charge is 2.20. The van der Waals surface area contributed by atoms with Gasteiger partial charge in [-0.25, -0.2) is 10.2 Å². The average molecular weight is 455 g/mol. The van der Waals surface area contributed by atoms with Crippen LogP contribution in [0, 0.1) is 10.1 Å². The maximum atomic E-state index is 12.8. The van der Waals surface area contributed by atoms with Crippen LogP contribution in [0.5, 0.6) is 11.5 Å². The van der Waals surface area contributed by atoms with E-state index in [1.165, 1.54) is 48.7 Å². The smallest absolute Gasteiger partial charge is 0.344 e. The summed E-state index contributed by atoms with van der Waals surface area (Å²) in [4.78, 5) is 35.7. The molecule has 168 valence electrons. The summed E-state index contributed by atoms with van der Waals surface area (Å²) in [6.45, 7) is 0. The van der Waals surface area contributed by atoms with Crippen molar-refractivity contribution in [1.82, 2.24) is 5.43 Å². The van der Waals surface area contributed by atoms with Gasteiger partial charge < -0.3 is 9.84 Å².